The van der Waals surface area contributed by atoms with E-state index in [9.17, 15) is 13.2 Å². The topological polar surface area (TPSA) is 52.6 Å². The fraction of sp³-hybridized carbons (Fsp3) is 0.733. The molecular weight excluding hydrogens is 466 g/mol. The quantitative estimate of drug-likeness (QED) is 0.349. The summed E-state index contributed by atoms with van der Waals surface area (Å²) in [4.78, 5) is 10.1. The van der Waals surface area contributed by atoms with Crippen molar-refractivity contribution in [1.82, 2.24) is 20.5 Å². The Hall–Kier alpha value is -0.620. The van der Waals surface area contributed by atoms with Crippen LogP contribution in [-0.2, 0) is 12.7 Å². The Balaban J connectivity index is 0.00000312. The summed E-state index contributed by atoms with van der Waals surface area (Å²) in [6.07, 6.45) is -1.87. The van der Waals surface area contributed by atoms with E-state index in [2.05, 4.69) is 39.4 Å². The maximum Gasteiger partial charge on any atom is 0.434 e. The molecule has 0 bridgehead atoms. The Labute approximate surface area is 167 Å². The van der Waals surface area contributed by atoms with Crippen molar-refractivity contribution in [3.8, 4) is 0 Å². The molecule has 1 aliphatic carbocycles. The highest BCUT2D eigenvalue weighted by Crippen LogP contribution is 2.30. The highest BCUT2D eigenvalue weighted by Gasteiger charge is 2.33. The first-order chi connectivity index (χ1) is 11.3. The summed E-state index contributed by atoms with van der Waals surface area (Å²) in [6.45, 7) is 6.24. The first-order valence-corrected chi connectivity index (χ1v) is 8.91. The fourth-order valence-corrected chi connectivity index (χ4v) is 3.21. The predicted molar refractivity (Wildman–Crippen MR) is 106 cm³/mol. The number of halogens is 4. The van der Waals surface area contributed by atoms with Crippen molar-refractivity contribution in [2.45, 2.75) is 51.5 Å². The van der Waals surface area contributed by atoms with Gasteiger partial charge in [-0.25, -0.2) is 4.98 Å². The highest BCUT2D eigenvalue weighted by molar-refractivity contribution is 14.0. The van der Waals surface area contributed by atoms with Crippen molar-refractivity contribution in [3.05, 3.63) is 16.1 Å². The third-order valence-electron chi connectivity index (χ3n) is 3.81. The van der Waals surface area contributed by atoms with Crippen molar-refractivity contribution >= 4 is 41.3 Å². The molecule has 1 heterocycles. The normalized spacial score (nSPS) is 15.4. The second-order valence-electron chi connectivity index (χ2n) is 6.04. The van der Waals surface area contributed by atoms with E-state index in [1.54, 1.807) is 7.05 Å². The number of nitrogens with one attached hydrogen (secondary N) is 2. The molecule has 0 amide bonds. The first-order valence-electron chi connectivity index (χ1n) is 8.03. The number of guanidine groups is 1. The van der Waals surface area contributed by atoms with Crippen LogP contribution in [0.25, 0.3) is 0 Å². The molecule has 10 heteroatoms. The average Bonchev–Trinajstić information content (AvgIpc) is 3.21. The summed E-state index contributed by atoms with van der Waals surface area (Å²) < 4.78 is 37.6. The number of rotatable bonds is 7. The Bertz CT molecular complexity index is 556. The summed E-state index contributed by atoms with van der Waals surface area (Å²) in [6, 6.07) is 1.20. The third-order valence-corrected chi connectivity index (χ3v) is 4.66. The van der Waals surface area contributed by atoms with Crippen LogP contribution < -0.4 is 10.6 Å². The van der Waals surface area contributed by atoms with Gasteiger partial charge < -0.3 is 10.6 Å². The van der Waals surface area contributed by atoms with Gasteiger partial charge in [-0.3, -0.25) is 9.89 Å². The molecule has 144 valence electrons. The second kappa shape index (κ2) is 9.91. The van der Waals surface area contributed by atoms with Crippen molar-refractivity contribution in [2.75, 3.05) is 20.1 Å². The van der Waals surface area contributed by atoms with Gasteiger partial charge in [-0.2, -0.15) is 13.2 Å². The Morgan fingerprint density at radius 3 is 2.56 bits per heavy atom. The molecule has 0 saturated heterocycles. The summed E-state index contributed by atoms with van der Waals surface area (Å²) in [5.74, 6) is 0.568. The fourth-order valence-electron chi connectivity index (χ4n) is 2.47. The van der Waals surface area contributed by atoms with Gasteiger partial charge >= 0.3 is 6.18 Å². The first kappa shape index (κ1) is 22.4. The number of aromatic nitrogens is 1. The van der Waals surface area contributed by atoms with Crippen LogP contribution in [0.2, 0.25) is 0 Å². The van der Waals surface area contributed by atoms with Gasteiger partial charge in [0.05, 0.1) is 6.54 Å². The molecule has 2 rings (SSSR count). The van der Waals surface area contributed by atoms with E-state index in [1.807, 2.05) is 0 Å². The van der Waals surface area contributed by atoms with E-state index in [-0.39, 0.29) is 30.5 Å². The largest absolute Gasteiger partial charge is 0.434 e. The molecule has 25 heavy (non-hydrogen) atoms. The van der Waals surface area contributed by atoms with Crippen molar-refractivity contribution in [2.24, 2.45) is 4.99 Å². The Morgan fingerprint density at radius 2 is 2.08 bits per heavy atom. The van der Waals surface area contributed by atoms with Crippen molar-refractivity contribution in [3.63, 3.8) is 0 Å². The highest BCUT2D eigenvalue weighted by atomic mass is 127. The van der Waals surface area contributed by atoms with Gasteiger partial charge in [0.2, 0.25) is 0 Å². The maximum absolute atomic E-state index is 12.5. The van der Waals surface area contributed by atoms with Crippen LogP contribution >= 0.6 is 35.3 Å². The molecule has 0 unspecified atom stereocenters. The molecule has 1 fully saturated rings. The SMILES string of the molecule is CN=C(NCCN(C(C)C)C1CC1)NCc1nc(C(F)(F)F)cs1.I. The van der Waals surface area contributed by atoms with E-state index in [0.717, 1.165) is 29.8 Å². The van der Waals surface area contributed by atoms with Crippen LogP contribution in [0.4, 0.5) is 13.2 Å². The number of alkyl halides is 3. The lowest BCUT2D eigenvalue weighted by molar-refractivity contribution is -0.140. The summed E-state index contributed by atoms with van der Waals surface area (Å²) >= 11 is 0.989. The number of thiazole rings is 1. The van der Waals surface area contributed by atoms with Gasteiger partial charge in [-0.1, -0.05) is 0 Å². The molecule has 0 aromatic carbocycles. The van der Waals surface area contributed by atoms with Gasteiger partial charge in [0.25, 0.3) is 0 Å². The van der Waals surface area contributed by atoms with Gasteiger partial charge in [0.15, 0.2) is 11.7 Å². The molecule has 2 N–H and O–H groups in total. The summed E-state index contributed by atoms with van der Waals surface area (Å²) in [5, 5.41) is 7.61. The predicted octanol–water partition coefficient (Wildman–Crippen LogP) is 3.32. The molecule has 0 radical (unpaired) electrons. The van der Waals surface area contributed by atoms with Gasteiger partial charge in [-0.15, -0.1) is 35.3 Å². The van der Waals surface area contributed by atoms with Crippen LogP contribution in [0, 0.1) is 0 Å². The maximum atomic E-state index is 12.5. The lowest BCUT2D eigenvalue weighted by Gasteiger charge is -2.26. The molecule has 0 spiro atoms. The molecule has 1 saturated carbocycles. The molecular formula is C15H25F3IN5S. The third kappa shape index (κ3) is 7.26. The minimum atomic E-state index is -4.39. The number of aliphatic imine (C=N–C) groups is 1. The van der Waals surface area contributed by atoms with Crippen LogP contribution in [0.1, 0.15) is 37.4 Å². The number of hydrogen-bond acceptors (Lipinski definition) is 4. The number of hydrogen-bond donors (Lipinski definition) is 2. The molecule has 0 aliphatic heterocycles. The average molecular weight is 491 g/mol. The monoisotopic (exact) mass is 491 g/mol. The van der Waals surface area contributed by atoms with Crippen molar-refractivity contribution in [1.29, 1.82) is 0 Å². The number of nitrogens with zero attached hydrogens (tertiary/aromatic N) is 3. The van der Waals surface area contributed by atoms with Crippen LogP contribution in [-0.4, -0.2) is 48.1 Å². The Kier molecular flexibility index (Phi) is 8.89. The van der Waals surface area contributed by atoms with E-state index in [4.69, 9.17) is 0 Å². The molecule has 5 nitrogen and oxygen atoms in total. The van der Waals surface area contributed by atoms with Crippen LogP contribution in [0.3, 0.4) is 0 Å². The Morgan fingerprint density at radius 1 is 1.40 bits per heavy atom. The lowest BCUT2D eigenvalue weighted by atomic mass is 10.3. The zero-order chi connectivity index (χ0) is 17.7. The minimum absolute atomic E-state index is 0. The van der Waals surface area contributed by atoms with E-state index < -0.39 is 11.9 Å². The smallest absolute Gasteiger partial charge is 0.355 e. The van der Waals surface area contributed by atoms with Crippen molar-refractivity contribution < 1.29 is 13.2 Å². The second-order valence-corrected chi connectivity index (χ2v) is 6.98. The standard InChI is InChI=1S/C15H24F3N5S.HI/c1-10(2)23(11-4-5-11)7-6-20-14(19-3)21-8-13-22-12(9-24-13)15(16,17)18;/h9-11H,4-8H2,1-3H3,(H2,19,20,21);1H. The van der Waals surface area contributed by atoms with E-state index in [1.165, 1.54) is 12.8 Å². The van der Waals surface area contributed by atoms with Gasteiger partial charge in [0.1, 0.15) is 5.01 Å². The van der Waals surface area contributed by atoms with Crippen LogP contribution in [0.5, 0.6) is 0 Å². The minimum Gasteiger partial charge on any atom is -0.355 e. The zero-order valence-electron chi connectivity index (χ0n) is 14.6. The van der Waals surface area contributed by atoms with E-state index in [0.29, 0.717) is 23.1 Å². The molecule has 1 aromatic rings. The van der Waals surface area contributed by atoms with E-state index >= 15 is 0 Å². The molecule has 1 aliphatic rings. The summed E-state index contributed by atoms with van der Waals surface area (Å²) in [5.41, 5.74) is -0.843. The molecule has 1 aromatic heterocycles. The van der Waals surface area contributed by atoms with Crippen LogP contribution in [0.15, 0.2) is 10.4 Å². The summed E-state index contributed by atoms with van der Waals surface area (Å²) in [7, 11) is 1.64. The van der Waals surface area contributed by atoms with Gasteiger partial charge in [0, 0.05) is 37.6 Å². The zero-order valence-corrected chi connectivity index (χ0v) is 17.7. The van der Waals surface area contributed by atoms with Gasteiger partial charge in [-0.05, 0) is 26.7 Å². The molecule has 0 atom stereocenters. The lowest BCUT2D eigenvalue weighted by Crippen LogP contribution is -2.43.